The van der Waals surface area contributed by atoms with E-state index in [2.05, 4.69) is 84.7 Å². The Morgan fingerprint density at radius 1 is 1.10 bits per heavy atom. The molecule has 1 saturated heterocycles. The quantitative estimate of drug-likeness (QED) is 0.798. The first-order chi connectivity index (χ1) is 14.4. The van der Waals surface area contributed by atoms with Crippen LogP contribution in [-0.2, 0) is 5.54 Å². The lowest BCUT2D eigenvalue weighted by molar-refractivity contribution is 0.0623. The fraction of sp³-hybridized carbons (Fsp3) is 0.577. The van der Waals surface area contributed by atoms with Crippen LogP contribution >= 0.6 is 0 Å². The highest BCUT2D eigenvalue weighted by Gasteiger charge is 2.50. The Morgan fingerprint density at radius 2 is 1.83 bits per heavy atom. The normalized spacial score (nSPS) is 37.7. The van der Waals surface area contributed by atoms with Crippen LogP contribution in [0.3, 0.4) is 0 Å². The lowest BCUT2D eigenvalue weighted by Crippen LogP contribution is -2.54. The first kappa shape index (κ1) is 19.9. The van der Waals surface area contributed by atoms with Crippen LogP contribution in [0.25, 0.3) is 0 Å². The molecule has 3 fully saturated rings. The number of rotatable bonds is 4. The van der Waals surface area contributed by atoms with E-state index in [9.17, 15) is 4.79 Å². The summed E-state index contributed by atoms with van der Waals surface area (Å²) in [5.74, 6) is 2.19. The van der Waals surface area contributed by atoms with E-state index in [1.165, 1.54) is 17.6 Å². The highest BCUT2D eigenvalue weighted by Crippen LogP contribution is 2.47. The van der Waals surface area contributed by atoms with Gasteiger partial charge in [-0.25, -0.2) is 4.79 Å². The van der Waals surface area contributed by atoms with E-state index >= 15 is 0 Å². The second-order valence-corrected chi connectivity index (χ2v) is 10.4. The minimum absolute atomic E-state index is 0.0638. The molecule has 4 nitrogen and oxygen atoms in total. The Morgan fingerprint density at radius 3 is 2.50 bits per heavy atom. The zero-order valence-electron chi connectivity index (χ0n) is 18.6. The number of nitrogens with zero attached hydrogens (tertiary/aromatic N) is 2. The molecule has 2 bridgehead atoms. The smallest absolute Gasteiger partial charge is 0.318 e. The van der Waals surface area contributed by atoms with Crippen LogP contribution in [0.4, 0.5) is 4.79 Å². The van der Waals surface area contributed by atoms with Crippen molar-refractivity contribution < 1.29 is 4.79 Å². The molecule has 160 valence electrons. The van der Waals surface area contributed by atoms with Crippen molar-refractivity contribution in [3.63, 3.8) is 0 Å². The van der Waals surface area contributed by atoms with Gasteiger partial charge in [-0.3, -0.25) is 4.90 Å². The van der Waals surface area contributed by atoms with Gasteiger partial charge in [-0.1, -0.05) is 55.5 Å². The van der Waals surface area contributed by atoms with E-state index in [4.69, 9.17) is 0 Å². The van der Waals surface area contributed by atoms with Gasteiger partial charge in [-0.2, -0.15) is 0 Å². The first-order valence-corrected chi connectivity index (χ1v) is 11.6. The SMILES string of the molecule is CC1C2C=CC(CN3C[C@]4(CC[C@](c5ccccc5)(N(C)C)CC4)NC3=O)=CC1C2. The molecule has 1 heterocycles. The zero-order chi connectivity index (χ0) is 20.9. The van der Waals surface area contributed by atoms with E-state index in [1.54, 1.807) is 0 Å². The average Bonchev–Trinajstić information content (AvgIpc) is 2.90. The summed E-state index contributed by atoms with van der Waals surface area (Å²) in [6.07, 6.45) is 12.6. The number of hydrogen-bond donors (Lipinski definition) is 1. The van der Waals surface area contributed by atoms with E-state index in [-0.39, 0.29) is 17.1 Å². The topological polar surface area (TPSA) is 35.6 Å². The molecule has 1 aliphatic heterocycles. The second kappa shape index (κ2) is 7.26. The number of benzene rings is 1. The van der Waals surface area contributed by atoms with Crippen molar-refractivity contribution in [2.75, 3.05) is 27.2 Å². The number of nitrogens with one attached hydrogen (secondary N) is 1. The fourth-order valence-corrected chi connectivity index (χ4v) is 6.32. The van der Waals surface area contributed by atoms with Gasteiger partial charge >= 0.3 is 6.03 Å². The van der Waals surface area contributed by atoms with Crippen molar-refractivity contribution in [2.45, 2.75) is 50.1 Å². The summed E-state index contributed by atoms with van der Waals surface area (Å²) in [5, 5.41) is 3.40. The maximum absolute atomic E-state index is 12.9. The van der Waals surface area contributed by atoms with Crippen LogP contribution in [0.5, 0.6) is 0 Å². The summed E-state index contributed by atoms with van der Waals surface area (Å²) in [5.41, 5.74) is 2.71. The molecule has 0 radical (unpaired) electrons. The molecule has 1 aromatic carbocycles. The van der Waals surface area contributed by atoms with Crippen LogP contribution in [0.1, 0.15) is 44.6 Å². The van der Waals surface area contributed by atoms with Crippen LogP contribution in [0, 0.1) is 17.8 Å². The molecule has 6 rings (SSSR count). The number of carbonyl (C=O) groups excluding carboxylic acids is 1. The standard InChI is InChI=1S/C26H35N3O/c1-19-21-10-9-20(15-22(19)16-21)17-29-18-25(27-24(29)30)11-13-26(14-12-25,28(2)3)23-7-5-4-6-8-23/h4-10,15,19,21-22H,11-14,16-18H2,1-3H3,(H,27,30)/t19?,21?,22?,25-,26+. The molecule has 2 amide bonds. The molecule has 5 aliphatic rings. The maximum Gasteiger partial charge on any atom is 0.318 e. The van der Waals surface area contributed by atoms with E-state index in [1.807, 2.05) is 0 Å². The van der Waals surface area contributed by atoms with Gasteiger partial charge in [0.2, 0.25) is 0 Å². The van der Waals surface area contributed by atoms with E-state index in [0.29, 0.717) is 5.92 Å². The Bertz CT molecular complexity index is 864. The summed E-state index contributed by atoms with van der Waals surface area (Å²) in [6, 6.07) is 11.0. The number of allylic oxidation sites excluding steroid dienone is 2. The molecular weight excluding hydrogens is 370 g/mol. The zero-order valence-corrected chi connectivity index (χ0v) is 18.6. The Kier molecular flexibility index (Phi) is 4.81. The van der Waals surface area contributed by atoms with Crippen LogP contribution < -0.4 is 5.32 Å². The highest BCUT2D eigenvalue weighted by molar-refractivity contribution is 5.78. The van der Waals surface area contributed by atoms with Gasteiger partial charge in [0.15, 0.2) is 0 Å². The van der Waals surface area contributed by atoms with Crippen molar-refractivity contribution in [2.24, 2.45) is 17.8 Å². The van der Waals surface area contributed by atoms with Gasteiger partial charge < -0.3 is 10.2 Å². The summed E-state index contributed by atoms with van der Waals surface area (Å²) in [6.45, 7) is 3.93. The number of hydrogen-bond acceptors (Lipinski definition) is 2. The average molecular weight is 406 g/mol. The van der Waals surface area contributed by atoms with Gasteiger partial charge in [0.1, 0.15) is 0 Å². The van der Waals surface area contributed by atoms with Gasteiger partial charge in [-0.05, 0) is 75.1 Å². The second-order valence-electron chi connectivity index (χ2n) is 10.4. The van der Waals surface area contributed by atoms with Crippen molar-refractivity contribution in [1.29, 1.82) is 0 Å². The summed E-state index contributed by atoms with van der Waals surface area (Å²) < 4.78 is 0. The van der Waals surface area contributed by atoms with Crippen molar-refractivity contribution in [1.82, 2.24) is 15.1 Å². The molecule has 2 saturated carbocycles. The van der Waals surface area contributed by atoms with Crippen molar-refractivity contribution >= 4 is 6.03 Å². The largest absolute Gasteiger partial charge is 0.331 e. The monoisotopic (exact) mass is 405 g/mol. The molecule has 3 unspecified atom stereocenters. The summed E-state index contributed by atoms with van der Waals surface area (Å²) in [4.78, 5) is 17.3. The van der Waals surface area contributed by atoms with Gasteiger partial charge in [-0.15, -0.1) is 0 Å². The lowest BCUT2D eigenvalue weighted by atomic mass is 9.66. The van der Waals surface area contributed by atoms with E-state index < -0.39 is 0 Å². The third kappa shape index (κ3) is 3.20. The minimum Gasteiger partial charge on any atom is -0.331 e. The van der Waals surface area contributed by atoms with Crippen LogP contribution in [0.15, 0.2) is 54.1 Å². The molecular formula is C26H35N3O. The van der Waals surface area contributed by atoms with Gasteiger partial charge in [0.25, 0.3) is 0 Å². The Balaban J connectivity index is 1.28. The number of urea groups is 1. The molecule has 1 aromatic rings. The predicted octanol–water partition coefficient (Wildman–Crippen LogP) is 4.55. The van der Waals surface area contributed by atoms with Gasteiger partial charge in [0.05, 0.1) is 5.54 Å². The van der Waals surface area contributed by atoms with Crippen LogP contribution in [-0.4, -0.2) is 48.6 Å². The minimum atomic E-state index is -0.0736. The molecule has 1 N–H and O–H groups in total. The summed E-state index contributed by atoms with van der Waals surface area (Å²) >= 11 is 0. The van der Waals surface area contributed by atoms with E-state index in [0.717, 1.165) is 50.6 Å². The fourth-order valence-electron chi connectivity index (χ4n) is 6.32. The Hall–Kier alpha value is -2.07. The van der Waals surface area contributed by atoms with Gasteiger partial charge in [0, 0.05) is 18.6 Å². The summed E-state index contributed by atoms with van der Waals surface area (Å²) in [7, 11) is 4.39. The molecule has 4 aliphatic carbocycles. The lowest BCUT2D eigenvalue weighted by Gasteiger charge is -2.48. The Labute approximate surface area is 181 Å². The third-order valence-corrected chi connectivity index (χ3v) is 8.61. The first-order valence-electron chi connectivity index (χ1n) is 11.6. The molecule has 0 aromatic heterocycles. The maximum atomic E-state index is 12.9. The molecule has 4 heteroatoms. The predicted molar refractivity (Wildman–Crippen MR) is 121 cm³/mol. The van der Waals surface area contributed by atoms with Crippen LogP contribution in [0.2, 0.25) is 0 Å². The molecule has 3 atom stereocenters. The van der Waals surface area contributed by atoms with Crippen molar-refractivity contribution in [3.05, 3.63) is 59.7 Å². The van der Waals surface area contributed by atoms with Crippen molar-refractivity contribution in [3.8, 4) is 0 Å². The highest BCUT2D eigenvalue weighted by atomic mass is 16.2. The molecule has 1 spiro atoms. The molecule has 30 heavy (non-hydrogen) atoms. The third-order valence-electron chi connectivity index (χ3n) is 8.61. The number of fused-ring (bicyclic) bond motifs is 1. The number of amides is 2. The number of carbonyl (C=O) groups is 1.